The van der Waals surface area contributed by atoms with Crippen molar-refractivity contribution in [3.8, 4) is 0 Å². The summed E-state index contributed by atoms with van der Waals surface area (Å²) >= 11 is 0. The molecule has 0 spiro atoms. The number of nitrogens with zero attached hydrogens (tertiary/aromatic N) is 3. The summed E-state index contributed by atoms with van der Waals surface area (Å²) in [5.74, 6) is 0.0775. The van der Waals surface area contributed by atoms with Crippen LogP contribution in [0.2, 0.25) is 0 Å². The lowest BCUT2D eigenvalue weighted by Crippen LogP contribution is -2.50. The molecule has 19 heavy (non-hydrogen) atoms. The van der Waals surface area contributed by atoms with Gasteiger partial charge in [0, 0.05) is 45.6 Å². The summed E-state index contributed by atoms with van der Waals surface area (Å²) in [6, 6.07) is 1.78. The van der Waals surface area contributed by atoms with E-state index in [4.69, 9.17) is 0 Å². The molecule has 1 aliphatic rings. The number of carbonyl (C=O) groups is 1. The minimum absolute atomic E-state index is 0.0332. The first-order valence-corrected chi connectivity index (χ1v) is 7.94. The molecule has 7 heteroatoms. The summed E-state index contributed by atoms with van der Waals surface area (Å²) in [4.78, 5) is 13.9. The van der Waals surface area contributed by atoms with Crippen LogP contribution in [0.15, 0.2) is 18.5 Å². The molecule has 2 heterocycles. The quantitative estimate of drug-likeness (QED) is 0.793. The molecule has 1 amide bonds. The van der Waals surface area contributed by atoms with E-state index in [1.807, 2.05) is 17.8 Å². The highest BCUT2D eigenvalue weighted by Crippen LogP contribution is 2.11. The zero-order valence-electron chi connectivity index (χ0n) is 11.2. The summed E-state index contributed by atoms with van der Waals surface area (Å²) in [5, 5.41) is 0. The van der Waals surface area contributed by atoms with Gasteiger partial charge >= 0.3 is 0 Å². The molecule has 0 radical (unpaired) electrons. The van der Waals surface area contributed by atoms with E-state index in [0.717, 1.165) is 0 Å². The molecule has 0 atom stereocenters. The number of sulfonamides is 1. The minimum Gasteiger partial charge on any atom is -0.356 e. The van der Waals surface area contributed by atoms with Gasteiger partial charge < -0.3 is 9.47 Å². The molecule has 2 rings (SSSR count). The van der Waals surface area contributed by atoms with E-state index in [-0.39, 0.29) is 11.7 Å². The van der Waals surface area contributed by atoms with Crippen molar-refractivity contribution in [2.75, 3.05) is 31.9 Å². The van der Waals surface area contributed by atoms with Gasteiger partial charge in [0.1, 0.15) is 0 Å². The van der Waals surface area contributed by atoms with Crippen LogP contribution in [0.25, 0.3) is 0 Å². The Morgan fingerprint density at radius 2 is 1.89 bits per heavy atom. The second kappa shape index (κ2) is 5.34. The van der Waals surface area contributed by atoms with Gasteiger partial charge in [-0.1, -0.05) is 0 Å². The molecule has 106 valence electrons. The van der Waals surface area contributed by atoms with E-state index in [1.165, 1.54) is 4.31 Å². The van der Waals surface area contributed by atoms with Gasteiger partial charge in [-0.05, 0) is 13.0 Å². The van der Waals surface area contributed by atoms with Crippen LogP contribution in [-0.4, -0.2) is 60.0 Å². The topological polar surface area (TPSA) is 62.6 Å². The molecule has 0 unspecified atom stereocenters. The van der Waals surface area contributed by atoms with Crippen molar-refractivity contribution in [2.45, 2.75) is 6.92 Å². The van der Waals surface area contributed by atoms with Crippen LogP contribution in [0.1, 0.15) is 17.3 Å². The SMILES string of the molecule is CCS(=O)(=O)N1CCN(C(=O)c2ccn(C)c2)CC1. The fourth-order valence-electron chi connectivity index (χ4n) is 2.16. The van der Waals surface area contributed by atoms with Gasteiger partial charge in [0.05, 0.1) is 11.3 Å². The standard InChI is InChI=1S/C12H19N3O3S/c1-3-19(17,18)15-8-6-14(7-9-15)12(16)11-4-5-13(2)10-11/h4-5,10H,3,6-9H2,1-2H3. The summed E-state index contributed by atoms with van der Waals surface area (Å²) in [6.45, 7) is 3.31. The highest BCUT2D eigenvalue weighted by molar-refractivity contribution is 7.89. The molecule has 1 aliphatic heterocycles. The molecule has 0 aromatic carbocycles. The van der Waals surface area contributed by atoms with Gasteiger partial charge in [0.15, 0.2) is 0 Å². The molecule has 1 fully saturated rings. The lowest BCUT2D eigenvalue weighted by molar-refractivity contribution is 0.0698. The molecule has 1 aromatic rings. The first-order valence-electron chi connectivity index (χ1n) is 6.33. The number of rotatable bonds is 3. The molecule has 0 aliphatic carbocycles. The third-order valence-electron chi connectivity index (χ3n) is 3.36. The number of hydrogen-bond donors (Lipinski definition) is 0. The molecule has 1 aromatic heterocycles. The number of piperazine rings is 1. The Bertz CT molecular complexity index is 557. The van der Waals surface area contributed by atoms with E-state index in [9.17, 15) is 13.2 Å². The molecule has 1 saturated heterocycles. The van der Waals surface area contributed by atoms with Crippen molar-refractivity contribution in [1.82, 2.24) is 13.8 Å². The van der Waals surface area contributed by atoms with Crippen molar-refractivity contribution in [1.29, 1.82) is 0 Å². The first-order chi connectivity index (χ1) is 8.94. The van der Waals surface area contributed by atoms with Crippen molar-refractivity contribution in [3.63, 3.8) is 0 Å². The predicted octanol–water partition coefficient (Wildman–Crippen LogP) is 0.133. The average Bonchev–Trinajstić information content (AvgIpc) is 2.85. The van der Waals surface area contributed by atoms with E-state index in [2.05, 4.69) is 0 Å². The van der Waals surface area contributed by atoms with Crippen molar-refractivity contribution in [3.05, 3.63) is 24.0 Å². The number of carbonyl (C=O) groups excluding carboxylic acids is 1. The van der Waals surface area contributed by atoms with Crippen LogP contribution in [0.4, 0.5) is 0 Å². The zero-order chi connectivity index (χ0) is 14.0. The maximum Gasteiger partial charge on any atom is 0.255 e. The number of aryl methyl sites for hydroxylation is 1. The Kier molecular flexibility index (Phi) is 3.96. The fourth-order valence-corrected chi connectivity index (χ4v) is 3.25. The van der Waals surface area contributed by atoms with E-state index >= 15 is 0 Å². The highest BCUT2D eigenvalue weighted by atomic mass is 32.2. The number of amides is 1. The minimum atomic E-state index is -3.14. The summed E-state index contributed by atoms with van der Waals surface area (Å²) in [5.41, 5.74) is 0.647. The Morgan fingerprint density at radius 3 is 2.37 bits per heavy atom. The maximum absolute atomic E-state index is 12.2. The van der Waals surface area contributed by atoms with Crippen LogP contribution < -0.4 is 0 Å². The highest BCUT2D eigenvalue weighted by Gasteiger charge is 2.28. The summed E-state index contributed by atoms with van der Waals surface area (Å²) < 4.78 is 26.7. The van der Waals surface area contributed by atoms with Crippen molar-refractivity contribution < 1.29 is 13.2 Å². The van der Waals surface area contributed by atoms with Crippen molar-refractivity contribution in [2.24, 2.45) is 7.05 Å². The molecule has 0 saturated carbocycles. The van der Waals surface area contributed by atoms with Crippen LogP contribution in [-0.2, 0) is 17.1 Å². The van der Waals surface area contributed by atoms with Crippen LogP contribution in [0.5, 0.6) is 0 Å². The summed E-state index contributed by atoms with van der Waals surface area (Å²) in [6.07, 6.45) is 3.60. The Balaban J connectivity index is 1.99. The Hall–Kier alpha value is -1.34. The third-order valence-corrected chi connectivity index (χ3v) is 5.24. The van der Waals surface area contributed by atoms with Crippen LogP contribution in [0, 0.1) is 0 Å². The number of hydrogen-bond acceptors (Lipinski definition) is 3. The monoisotopic (exact) mass is 285 g/mol. The molecule has 6 nitrogen and oxygen atoms in total. The molecular weight excluding hydrogens is 266 g/mol. The lowest BCUT2D eigenvalue weighted by Gasteiger charge is -2.33. The van der Waals surface area contributed by atoms with Gasteiger partial charge in [-0.3, -0.25) is 4.79 Å². The van der Waals surface area contributed by atoms with Gasteiger partial charge in [-0.25, -0.2) is 8.42 Å². The lowest BCUT2D eigenvalue weighted by atomic mass is 10.2. The molecule has 0 N–H and O–H groups in total. The van der Waals surface area contributed by atoms with Crippen molar-refractivity contribution >= 4 is 15.9 Å². The van der Waals surface area contributed by atoms with Gasteiger partial charge in [0.25, 0.3) is 5.91 Å². The second-order valence-electron chi connectivity index (χ2n) is 4.66. The van der Waals surface area contributed by atoms with Crippen LogP contribution >= 0.6 is 0 Å². The fraction of sp³-hybridized carbons (Fsp3) is 0.583. The van der Waals surface area contributed by atoms with Gasteiger partial charge in [-0.15, -0.1) is 0 Å². The van der Waals surface area contributed by atoms with E-state index in [0.29, 0.717) is 31.7 Å². The normalized spacial score (nSPS) is 17.7. The Labute approximate surface area is 113 Å². The van der Waals surface area contributed by atoms with Gasteiger partial charge in [0.2, 0.25) is 10.0 Å². The maximum atomic E-state index is 12.2. The average molecular weight is 285 g/mol. The molecule has 0 bridgehead atoms. The number of aromatic nitrogens is 1. The first kappa shape index (κ1) is 14.1. The zero-order valence-corrected chi connectivity index (χ0v) is 12.1. The van der Waals surface area contributed by atoms with Crippen LogP contribution in [0.3, 0.4) is 0 Å². The van der Waals surface area contributed by atoms with Gasteiger partial charge in [-0.2, -0.15) is 4.31 Å². The molecular formula is C12H19N3O3S. The third kappa shape index (κ3) is 2.98. The smallest absolute Gasteiger partial charge is 0.255 e. The van der Waals surface area contributed by atoms with E-state index in [1.54, 1.807) is 24.1 Å². The predicted molar refractivity (Wildman–Crippen MR) is 72.4 cm³/mol. The largest absolute Gasteiger partial charge is 0.356 e. The van der Waals surface area contributed by atoms with E-state index < -0.39 is 10.0 Å². The Morgan fingerprint density at radius 1 is 1.26 bits per heavy atom. The summed E-state index contributed by atoms with van der Waals surface area (Å²) in [7, 11) is -1.28. The second-order valence-corrected chi connectivity index (χ2v) is 6.92.